The summed E-state index contributed by atoms with van der Waals surface area (Å²) in [6.45, 7) is 4.83. The fourth-order valence-corrected chi connectivity index (χ4v) is 2.90. The standard InChI is InChI=1S/C21H41O/c1-3-5-7-8-9-10-11-12-13-14-15-16-18-21(19-20-22)17-6-4-2/h12-13,17,21-22H,3-11,14-16,18-20H2,1-2H3. The highest BCUT2D eigenvalue weighted by Crippen LogP contribution is 2.19. The highest BCUT2D eigenvalue weighted by molar-refractivity contribution is 4.82. The van der Waals surface area contributed by atoms with E-state index in [4.69, 9.17) is 5.11 Å². The van der Waals surface area contributed by atoms with Gasteiger partial charge in [-0.15, -0.1) is 0 Å². The first-order chi connectivity index (χ1) is 10.8. The smallest absolute Gasteiger partial charge is 0.0433 e. The SMILES string of the molecule is CCC[CH]C(CCO)CCCCC=CCCCCCCCC. The molecule has 0 aliphatic carbocycles. The minimum Gasteiger partial charge on any atom is -0.396 e. The van der Waals surface area contributed by atoms with Crippen molar-refractivity contribution in [2.75, 3.05) is 6.61 Å². The molecule has 22 heavy (non-hydrogen) atoms. The van der Waals surface area contributed by atoms with Crippen LogP contribution in [0.2, 0.25) is 0 Å². The summed E-state index contributed by atoms with van der Waals surface area (Å²) in [5.74, 6) is 0.636. The lowest BCUT2D eigenvalue weighted by atomic mass is 9.93. The summed E-state index contributed by atoms with van der Waals surface area (Å²) in [5, 5.41) is 9.10. The highest BCUT2D eigenvalue weighted by Gasteiger charge is 2.07. The maximum atomic E-state index is 9.10. The number of aliphatic hydroxyl groups is 1. The van der Waals surface area contributed by atoms with Crippen LogP contribution in [0.1, 0.15) is 104 Å². The summed E-state index contributed by atoms with van der Waals surface area (Å²) in [7, 11) is 0. The fourth-order valence-electron chi connectivity index (χ4n) is 2.90. The summed E-state index contributed by atoms with van der Waals surface area (Å²) in [6, 6.07) is 0. The van der Waals surface area contributed by atoms with Gasteiger partial charge in [-0.1, -0.05) is 83.8 Å². The summed E-state index contributed by atoms with van der Waals surface area (Å²) in [5.41, 5.74) is 0. The maximum absolute atomic E-state index is 9.10. The van der Waals surface area contributed by atoms with Gasteiger partial charge in [0.25, 0.3) is 0 Å². The van der Waals surface area contributed by atoms with Gasteiger partial charge in [0.05, 0.1) is 0 Å². The van der Waals surface area contributed by atoms with Crippen LogP contribution in [-0.2, 0) is 0 Å². The molecule has 0 fully saturated rings. The number of hydrogen-bond acceptors (Lipinski definition) is 1. The van der Waals surface area contributed by atoms with Crippen molar-refractivity contribution in [3.63, 3.8) is 0 Å². The van der Waals surface area contributed by atoms with Crippen molar-refractivity contribution in [1.29, 1.82) is 0 Å². The predicted molar refractivity (Wildman–Crippen MR) is 100 cm³/mol. The van der Waals surface area contributed by atoms with E-state index in [0.717, 1.165) is 6.42 Å². The number of unbranched alkanes of at least 4 members (excludes halogenated alkanes) is 9. The molecule has 0 aliphatic rings. The van der Waals surface area contributed by atoms with Gasteiger partial charge in [-0.2, -0.15) is 0 Å². The van der Waals surface area contributed by atoms with E-state index in [1.54, 1.807) is 0 Å². The van der Waals surface area contributed by atoms with Crippen molar-refractivity contribution in [2.24, 2.45) is 5.92 Å². The Hall–Kier alpha value is -0.300. The van der Waals surface area contributed by atoms with Gasteiger partial charge < -0.3 is 5.11 Å². The molecule has 1 radical (unpaired) electrons. The fraction of sp³-hybridized carbons (Fsp3) is 0.857. The predicted octanol–water partition coefficient (Wildman–Crippen LogP) is 6.86. The summed E-state index contributed by atoms with van der Waals surface area (Å²) in [6.07, 6.45) is 25.3. The highest BCUT2D eigenvalue weighted by atomic mass is 16.3. The molecule has 0 heterocycles. The molecular formula is C21H41O. The summed E-state index contributed by atoms with van der Waals surface area (Å²) >= 11 is 0. The molecule has 0 bridgehead atoms. The molecule has 0 spiro atoms. The molecule has 0 aromatic carbocycles. The zero-order valence-corrected chi connectivity index (χ0v) is 15.4. The second kappa shape index (κ2) is 18.7. The Kier molecular flexibility index (Phi) is 18.5. The molecule has 0 rings (SSSR count). The van der Waals surface area contributed by atoms with Crippen LogP contribution in [0.5, 0.6) is 0 Å². The molecule has 0 saturated heterocycles. The molecular weight excluding hydrogens is 268 g/mol. The zero-order chi connectivity index (χ0) is 16.3. The topological polar surface area (TPSA) is 20.2 Å². The van der Waals surface area contributed by atoms with Crippen molar-refractivity contribution in [3.05, 3.63) is 18.6 Å². The Labute approximate surface area is 140 Å². The van der Waals surface area contributed by atoms with Crippen LogP contribution >= 0.6 is 0 Å². The van der Waals surface area contributed by atoms with Gasteiger partial charge in [0.2, 0.25) is 0 Å². The quantitative estimate of drug-likeness (QED) is 0.230. The molecule has 1 nitrogen and oxygen atoms in total. The van der Waals surface area contributed by atoms with Crippen LogP contribution < -0.4 is 0 Å². The van der Waals surface area contributed by atoms with Crippen LogP contribution in [0, 0.1) is 12.3 Å². The lowest BCUT2D eigenvalue weighted by molar-refractivity contribution is 0.259. The Bertz CT molecular complexity index is 222. The summed E-state index contributed by atoms with van der Waals surface area (Å²) < 4.78 is 0. The van der Waals surface area contributed by atoms with E-state index in [1.165, 1.54) is 83.5 Å². The van der Waals surface area contributed by atoms with Gasteiger partial charge in [0, 0.05) is 6.61 Å². The third-order valence-corrected chi connectivity index (χ3v) is 4.38. The van der Waals surface area contributed by atoms with Gasteiger partial charge in [-0.25, -0.2) is 0 Å². The number of allylic oxidation sites excluding steroid dienone is 2. The van der Waals surface area contributed by atoms with Crippen LogP contribution in [0.3, 0.4) is 0 Å². The van der Waals surface area contributed by atoms with Gasteiger partial charge >= 0.3 is 0 Å². The monoisotopic (exact) mass is 309 g/mol. The van der Waals surface area contributed by atoms with E-state index in [1.807, 2.05) is 0 Å². The van der Waals surface area contributed by atoms with Gasteiger partial charge in [0.15, 0.2) is 0 Å². The van der Waals surface area contributed by atoms with Gasteiger partial charge in [0.1, 0.15) is 0 Å². The molecule has 0 aliphatic heterocycles. The Morgan fingerprint density at radius 1 is 0.682 bits per heavy atom. The molecule has 0 aromatic heterocycles. The third kappa shape index (κ3) is 16.1. The lowest BCUT2D eigenvalue weighted by Crippen LogP contribution is -2.04. The Balaban J connectivity index is 3.37. The number of aliphatic hydroxyl groups excluding tert-OH is 1. The second-order valence-corrected chi connectivity index (χ2v) is 6.61. The van der Waals surface area contributed by atoms with Crippen LogP contribution in [0.15, 0.2) is 12.2 Å². The first-order valence-electron chi connectivity index (χ1n) is 9.94. The van der Waals surface area contributed by atoms with E-state index >= 15 is 0 Å². The number of rotatable bonds is 17. The van der Waals surface area contributed by atoms with E-state index in [-0.39, 0.29) is 0 Å². The van der Waals surface area contributed by atoms with Crippen molar-refractivity contribution in [3.8, 4) is 0 Å². The molecule has 0 aromatic rings. The number of hydrogen-bond donors (Lipinski definition) is 1. The average Bonchev–Trinajstić information content (AvgIpc) is 2.53. The van der Waals surface area contributed by atoms with Gasteiger partial charge in [-0.3, -0.25) is 0 Å². The van der Waals surface area contributed by atoms with Crippen molar-refractivity contribution >= 4 is 0 Å². The molecule has 0 amide bonds. The first kappa shape index (κ1) is 21.7. The third-order valence-electron chi connectivity index (χ3n) is 4.38. The summed E-state index contributed by atoms with van der Waals surface area (Å²) in [4.78, 5) is 0. The molecule has 1 heteroatoms. The van der Waals surface area contributed by atoms with E-state index in [9.17, 15) is 0 Å². The van der Waals surface area contributed by atoms with E-state index in [2.05, 4.69) is 32.4 Å². The molecule has 1 N–H and O–H groups in total. The first-order valence-corrected chi connectivity index (χ1v) is 9.94. The van der Waals surface area contributed by atoms with Crippen molar-refractivity contribution in [2.45, 2.75) is 104 Å². The lowest BCUT2D eigenvalue weighted by Gasteiger charge is -2.14. The van der Waals surface area contributed by atoms with Crippen molar-refractivity contribution < 1.29 is 5.11 Å². The zero-order valence-electron chi connectivity index (χ0n) is 15.4. The molecule has 1 atom stereocenters. The van der Waals surface area contributed by atoms with Crippen LogP contribution in [0.25, 0.3) is 0 Å². The molecule has 0 saturated carbocycles. The van der Waals surface area contributed by atoms with Crippen LogP contribution in [0.4, 0.5) is 0 Å². The minimum atomic E-state index is 0.336. The van der Waals surface area contributed by atoms with E-state index in [0.29, 0.717) is 12.5 Å². The van der Waals surface area contributed by atoms with E-state index < -0.39 is 0 Å². The van der Waals surface area contributed by atoms with Crippen LogP contribution in [-0.4, -0.2) is 11.7 Å². The Morgan fingerprint density at radius 2 is 1.32 bits per heavy atom. The second-order valence-electron chi connectivity index (χ2n) is 6.61. The molecule has 1 unspecified atom stereocenters. The minimum absolute atomic E-state index is 0.336. The largest absolute Gasteiger partial charge is 0.396 e. The average molecular weight is 310 g/mol. The maximum Gasteiger partial charge on any atom is 0.0433 e. The van der Waals surface area contributed by atoms with Crippen molar-refractivity contribution in [1.82, 2.24) is 0 Å². The Morgan fingerprint density at radius 3 is 1.95 bits per heavy atom. The molecule has 131 valence electrons. The normalized spacial score (nSPS) is 13.0. The van der Waals surface area contributed by atoms with Gasteiger partial charge in [-0.05, 0) is 44.4 Å².